The zero-order valence-corrected chi connectivity index (χ0v) is 69.6. The predicted octanol–water partition coefficient (Wildman–Crippen LogP) is 8.58. The lowest BCUT2D eigenvalue weighted by Crippen LogP contribution is -2.57. The van der Waals surface area contributed by atoms with Crippen LogP contribution in [-0.2, 0) is 19.9 Å². The second-order valence-electron chi connectivity index (χ2n) is 32.3. The molecule has 0 amide bonds. The van der Waals surface area contributed by atoms with Gasteiger partial charge in [0.05, 0.1) is 127 Å². The number of benzene rings is 1. The largest absolute Gasteiger partial charge is 0.368 e. The van der Waals surface area contributed by atoms with Crippen LogP contribution >= 0.6 is 0 Å². The lowest BCUT2D eigenvalue weighted by Gasteiger charge is -2.40. The smallest absolute Gasteiger partial charge is 0.258 e. The van der Waals surface area contributed by atoms with Gasteiger partial charge in [-0.3, -0.25) is 56.4 Å². The van der Waals surface area contributed by atoms with Crippen molar-refractivity contribution >= 4 is 72.8 Å². The normalized spacial score (nSPS) is 16.0. The first-order valence-corrected chi connectivity index (χ1v) is 40.8. The van der Waals surface area contributed by atoms with E-state index in [1.807, 2.05) is 173 Å². The van der Waals surface area contributed by atoms with Crippen LogP contribution in [0, 0.1) is 41.5 Å². The van der Waals surface area contributed by atoms with Crippen molar-refractivity contribution in [2.75, 3.05) is 118 Å². The van der Waals surface area contributed by atoms with Crippen molar-refractivity contribution in [3.8, 4) is 45.4 Å². The second-order valence-corrected chi connectivity index (χ2v) is 32.3. The number of hydrogen-bond acceptors (Lipinski definition) is 23. The molecule has 1 atom stereocenters. The van der Waals surface area contributed by atoms with E-state index in [-0.39, 0.29) is 27.8 Å². The molecule has 4 aliphatic heterocycles. The van der Waals surface area contributed by atoms with E-state index in [0.29, 0.717) is 68.5 Å². The maximum Gasteiger partial charge on any atom is 0.258 e. The van der Waals surface area contributed by atoms with Crippen molar-refractivity contribution in [1.29, 1.82) is 0 Å². The molecule has 3 N–H and O–H groups in total. The van der Waals surface area contributed by atoms with Crippen molar-refractivity contribution in [3.63, 3.8) is 0 Å². The minimum absolute atomic E-state index is 0.0304. The fourth-order valence-corrected chi connectivity index (χ4v) is 16.5. The first-order valence-electron chi connectivity index (χ1n) is 40.8. The third-order valence-electron chi connectivity index (χ3n) is 22.7. The quantitative estimate of drug-likeness (QED) is 0.115. The molecule has 31 heteroatoms. The van der Waals surface area contributed by atoms with Crippen LogP contribution in [0.15, 0.2) is 166 Å². The molecule has 4 fully saturated rings. The number of nitrogens with one attached hydrogen (secondary N) is 3. The molecule has 0 radical (unpaired) electrons. The number of likely N-dealkylation sites (N-methyl/N-ethyl adjacent to an activating group) is 1. The number of aryl methyl sites for hydroxylation is 9. The van der Waals surface area contributed by atoms with E-state index in [0.717, 1.165) is 206 Å². The van der Waals surface area contributed by atoms with Crippen LogP contribution in [-0.4, -0.2) is 206 Å². The van der Waals surface area contributed by atoms with Crippen LogP contribution < -0.4 is 57.8 Å². The SMILES string of the molecule is CCc1nc(C)cn2nc(-c3cc(=O)n4cc(N5CCN(C)CC5)ccc4n3)cc12.CCc1nc(C)cn2nc(-c3cc(=O)n4cc(N5CCNCC5)cc(C)c4n3)cc12.C[C@@H]1CN(c2ccc3nc(-c4ccc5c(cnn5C)c4)cc(=O)n3c2)CCN1.Cc1cn2nc(-c3cc(=O)n4cc(N5CCNC(C)(C)C5)cc(C)c4n3)cc2c(C)n1. The number of hydrogen-bond donors (Lipinski definition) is 3. The summed E-state index contributed by atoms with van der Waals surface area (Å²) in [6.07, 6.45) is 16.7. The van der Waals surface area contributed by atoms with Gasteiger partial charge >= 0.3 is 0 Å². The van der Waals surface area contributed by atoms with Crippen LogP contribution in [0.5, 0.6) is 0 Å². The summed E-state index contributed by atoms with van der Waals surface area (Å²) in [6.45, 7) is 35.8. The highest BCUT2D eigenvalue weighted by atomic mass is 16.1. The summed E-state index contributed by atoms with van der Waals surface area (Å²) in [5, 5.41) is 29.6. The number of rotatable bonds is 10. The van der Waals surface area contributed by atoms with Gasteiger partial charge in [-0.15, -0.1) is 0 Å². The summed E-state index contributed by atoms with van der Waals surface area (Å²) in [6, 6.07) is 30.8. The highest BCUT2D eigenvalue weighted by molar-refractivity contribution is 5.84. The molecule has 15 aromatic heterocycles. The number of pyridine rings is 4. The number of anilines is 4. The third-order valence-corrected chi connectivity index (χ3v) is 22.7. The van der Waals surface area contributed by atoms with Crippen molar-refractivity contribution in [2.24, 2.45) is 7.05 Å². The molecule has 16 aromatic rings. The molecule has 4 aliphatic rings. The Kier molecular flexibility index (Phi) is 21.2. The van der Waals surface area contributed by atoms with Crippen LogP contribution in [0.3, 0.4) is 0 Å². The van der Waals surface area contributed by atoms with Crippen LogP contribution in [0.2, 0.25) is 0 Å². The number of fused-ring (bicyclic) bond motifs is 8. The third kappa shape index (κ3) is 16.1. The van der Waals surface area contributed by atoms with Crippen LogP contribution in [0.25, 0.3) is 95.5 Å². The van der Waals surface area contributed by atoms with Gasteiger partial charge in [-0.25, -0.2) is 33.5 Å². The van der Waals surface area contributed by atoms with Crippen LogP contribution in [0.1, 0.15) is 79.9 Å². The van der Waals surface area contributed by atoms with E-state index in [1.54, 1.807) is 46.4 Å². The molecule has 20 rings (SSSR count). The zero-order chi connectivity index (χ0) is 82.8. The van der Waals surface area contributed by atoms with Gasteiger partial charge in [0.25, 0.3) is 22.2 Å². The molecule has 0 spiro atoms. The summed E-state index contributed by atoms with van der Waals surface area (Å²) < 4.78 is 13.9. The Bertz CT molecular complexity index is 6870. The van der Waals surface area contributed by atoms with E-state index >= 15 is 0 Å². The van der Waals surface area contributed by atoms with Crippen LogP contribution in [0.4, 0.5) is 22.7 Å². The maximum absolute atomic E-state index is 13.1. The minimum Gasteiger partial charge on any atom is -0.368 e. The van der Waals surface area contributed by atoms with Gasteiger partial charge in [0.15, 0.2) is 0 Å². The summed E-state index contributed by atoms with van der Waals surface area (Å²) in [5.74, 6) is 0. The van der Waals surface area contributed by atoms with Gasteiger partial charge in [0.2, 0.25) is 0 Å². The van der Waals surface area contributed by atoms with Gasteiger partial charge in [0.1, 0.15) is 39.7 Å². The van der Waals surface area contributed by atoms with Crippen molar-refractivity contribution in [3.05, 3.63) is 233 Å². The molecule has 0 saturated carbocycles. The highest BCUT2D eigenvalue weighted by Crippen LogP contribution is 2.30. The van der Waals surface area contributed by atoms with Gasteiger partial charge < -0.3 is 40.4 Å². The van der Waals surface area contributed by atoms with Crippen molar-refractivity contribution < 1.29 is 0 Å². The molecular weight excluding hydrogens is 1500 g/mol. The molecule has 1 aromatic carbocycles. The minimum atomic E-state index is -0.109. The number of piperazine rings is 4. The van der Waals surface area contributed by atoms with E-state index < -0.39 is 0 Å². The Morgan fingerprint density at radius 2 is 0.899 bits per heavy atom. The summed E-state index contributed by atoms with van der Waals surface area (Å²) in [7, 11) is 4.05. The average molecular weight is 1600 g/mol. The molecule has 4 saturated heterocycles. The predicted molar refractivity (Wildman–Crippen MR) is 467 cm³/mol. The Hall–Kier alpha value is -13.0. The van der Waals surface area contributed by atoms with Gasteiger partial charge in [-0.1, -0.05) is 19.9 Å². The highest BCUT2D eigenvalue weighted by Gasteiger charge is 2.28. The Morgan fingerprint density at radius 1 is 0.429 bits per heavy atom. The van der Waals surface area contributed by atoms with E-state index in [4.69, 9.17) is 19.9 Å². The Labute approximate surface area is 685 Å². The fraction of sp³-hybridized carbons (Fsp3) is 0.352. The van der Waals surface area contributed by atoms with Crippen molar-refractivity contribution in [1.82, 2.24) is 112 Å². The molecule has 119 heavy (non-hydrogen) atoms. The first-order chi connectivity index (χ1) is 57.3. The molecule has 0 bridgehead atoms. The molecule has 31 nitrogen and oxygen atoms in total. The van der Waals surface area contributed by atoms with E-state index in [2.05, 4.69) is 130 Å². The molecule has 0 aliphatic carbocycles. The summed E-state index contributed by atoms with van der Waals surface area (Å²) >= 11 is 0. The van der Waals surface area contributed by atoms with Gasteiger partial charge in [-0.2, -0.15) is 20.4 Å². The standard InChI is InChI=1S/C23H27N7O.2C22H25N7O.C21H22N6O/c1-14-8-17(28-7-6-24-23(4,5)13-28)12-29-21(31)10-18(26-22(14)29)19-9-20-16(3)25-15(2)11-30(20)27-19;1-4-17-20-10-19(26-29(20)12-15(3)24-17)18-11-21(30)28-13-16(9-14(2)22(28)25-18)27-7-5-23-6-8-27;1-4-17-20-11-19(25-29(20)13-15(2)23-17)18-12-22(30)28-14-16(5-6-21(28)24-18)27-9-7-26(3)8-10-27;1-14-12-26(8-7-22-14)17-4-6-20-24-18(10-21(28)27(20)13-17)15-3-5-19-16(9-15)11-23-25(19)2/h8-12,24H,6-7,13H2,1-5H3;9-13,23H,4-8H2,1-3H3;5-6,11-14H,4,7-10H2,1-3H3;3-6,9-11,13-14,22H,7-8,12H2,1-2H3/t;;;14-/m...1/s1. The first kappa shape index (κ1) is 78.5. The van der Waals surface area contributed by atoms with Crippen molar-refractivity contribution in [2.45, 2.75) is 101 Å². The summed E-state index contributed by atoms with van der Waals surface area (Å²) in [4.78, 5) is 96.1. The monoisotopic (exact) mass is 1600 g/mol. The lowest BCUT2D eigenvalue weighted by molar-refractivity contribution is 0.313. The van der Waals surface area contributed by atoms with Gasteiger partial charge in [-0.05, 0) is 160 Å². The van der Waals surface area contributed by atoms with E-state index in [1.165, 1.54) is 0 Å². The number of nitrogens with zero attached hydrogens (tertiary/aromatic N) is 24. The second kappa shape index (κ2) is 32.1. The Morgan fingerprint density at radius 3 is 1.45 bits per heavy atom. The molecule has 0 unspecified atom stereocenters. The molecule has 610 valence electrons. The Balaban J connectivity index is 0.000000114. The topological polar surface area (TPSA) is 298 Å². The zero-order valence-electron chi connectivity index (χ0n) is 69.6. The maximum atomic E-state index is 13.1. The molecule has 19 heterocycles. The average Bonchev–Trinajstić information content (AvgIpc) is 1.72. The van der Waals surface area contributed by atoms with E-state index in [9.17, 15) is 19.2 Å². The molecular formula is C88H99N27O4. The fourth-order valence-electron chi connectivity index (χ4n) is 16.5. The summed E-state index contributed by atoms with van der Waals surface area (Å²) in [5.41, 5.74) is 23.2. The number of aromatic nitrogens is 19. The lowest BCUT2D eigenvalue weighted by atomic mass is 10.0. The van der Waals surface area contributed by atoms with Gasteiger partial charge in [0, 0.05) is 170 Å².